The van der Waals surface area contributed by atoms with Crippen LogP contribution < -0.4 is 24.0 Å². The van der Waals surface area contributed by atoms with E-state index < -0.39 is 13.5 Å². The molecule has 0 aliphatic rings. The third kappa shape index (κ3) is 46100. The molecule has 0 aromatic rings. The summed E-state index contributed by atoms with van der Waals surface area (Å²) in [4.78, 5) is 8.89. The first kappa shape index (κ1) is 16.0. The zero-order chi connectivity index (χ0) is 7.15. The third-order valence-corrected chi connectivity index (χ3v) is 0. The van der Waals surface area contributed by atoms with Crippen molar-refractivity contribution in [3.8, 4) is 0 Å². The zero-order valence-corrected chi connectivity index (χ0v) is 5.03. The molecule has 0 N–H and O–H groups in total. The normalized spacial score (nSPS) is 5.78. The van der Waals surface area contributed by atoms with Gasteiger partial charge in [-0.1, -0.05) is 0 Å². The molecular weight excluding hydrogens is 131 g/mol. The van der Waals surface area contributed by atoms with Crippen molar-refractivity contribution < 1.29 is 41.7 Å². The minimum atomic E-state index is -3.67. The number of carbonyl (C=O) groups is 1. The van der Waals surface area contributed by atoms with Crippen molar-refractivity contribution >= 4 is 13.5 Å². The standard InChI is InChI=1S/C2H4O2.BF3.Li/c1-2(3)4;2-1(3)4;/h1H3,(H,3,4);;/q;;+1/p-1. The van der Waals surface area contributed by atoms with Gasteiger partial charge in [0.15, 0.2) is 0 Å². The molecule has 7 heteroatoms. The minimum absolute atomic E-state index is 0. The van der Waals surface area contributed by atoms with Gasteiger partial charge in [0.1, 0.15) is 0 Å². The topological polar surface area (TPSA) is 40.1 Å². The number of carbonyl (C=O) groups excluding carboxylic acids is 1. The zero-order valence-electron chi connectivity index (χ0n) is 5.03. The van der Waals surface area contributed by atoms with Crippen LogP contribution in [-0.2, 0) is 4.79 Å². The molecule has 0 saturated heterocycles. The summed E-state index contributed by atoms with van der Waals surface area (Å²) in [6.45, 7) is 0.972. The van der Waals surface area contributed by atoms with E-state index in [0.29, 0.717) is 0 Å². The van der Waals surface area contributed by atoms with E-state index in [-0.39, 0.29) is 18.9 Å². The van der Waals surface area contributed by atoms with Gasteiger partial charge in [-0.3, -0.25) is 12.9 Å². The van der Waals surface area contributed by atoms with Crippen molar-refractivity contribution in [3.63, 3.8) is 0 Å². The maximum atomic E-state index is 9.67. The fourth-order valence-corrected chi connectivity index (χ4v) is 0. The Morgan fingerprint density at radius 2 is 1.44 bits per heavy atom. The summed E-state index contributed by atoms with van der Waals surface area (Å²) in [5.74, 6) is -1.08. The largest absolute Gasteiger partial charge is 1.00 e. The molecule has 0 amide bonds. The van der Waals surface area contributed by atoms with E-state index in [1.54, 1.807) is 0 Å². The number of hydrogen-bond acceptors (Lipinski definition) is 2. The smallest absolute Gasteiger partial charge is 0.550 e. The predicted molar refractivity (Wildman–Crippen MR) is 19.8 cm³/mol. The number of hydrogen-bond donors (Lipinski definition) is 0. The fraction of sp³-hybridized carbons (Fsp3) is 0.500. The Morgan fingerprint density at radius 3 is 1.44 bits per heavy atom. The Labute approximate surface area is 62.8 Å². The van der Waals surface area contributed by atoms with Crippen molar-refractivity contribution in [2.75, 3.05) is 0 Å². The van der Waals surface area contributed by atoms with Crippen LogP contribution >= 0.6 is 0 Å². The average Bonchev–Trinajstić information content (AvgIpc) is 1.25. The van der Waals surface area contributed by atoms with E-state index in [1.807, 2.05) is 0 Å². The van der Waals surface area contributed by atoms with Crippen molar-refractivity contribution in [2.45, 2.75) is 6.92 Å². The summed E-state index contributed by atoms with van der Waals surface area (Å²) in [5.41, 5.74) is 0. The first-order chi connectivity index (χ1) is 3.46. The molecular formula is C2H3BF3LiO2. The molecule has 0 saturated carbocycles. The van der Waals surface area contributed by atoms with Crippen LogP contribution in [0.4, 0.5) is 12.9 Å². The van der Waals surface area contributed by atoms with Gasteiger partial charge in [0, 0.05) is 5.97 Å². The van der Waals surface area contributed by atoms with E-state index >= 15 is 0 Å². The summed E-state index contributed by atoms with van der Waals surface area (Å²) in [5, 5.41) is 8.89. The van der Waals surface area contributed by atoms with Crippen LogP contribution in [0.15, 0.2) is 0 Å². The van der Waals surface area contributed by atoms with Crippen LogP contribution in [0.3, 0.4) is 0 Å². The summed E-state index contributed by atoms with van der Waals surface area (Å²) < 4.78 is 29.0. The van der Waals surface area contributed by atoms with Gasteiger partial charge in [0.2, 0.25) is 0 Å². The second-order valence-electron chi connectivity index (χ2n) is 0.739. The van der Waals surface area contributed by atoms with Crippen LogP contribution in [-0.4, -0.2) is 13.5 Å². The van der Waals surface area contributed by atoms with E-state index in [4.69, 9.17) is 9.90 Å². The molecule has 0 spiro atoms. The summed E-state index contributed by atoms with van der Waals surface area (Å²) >= 11 is 0. The van der Waals surface area contributed by atoms with Crippen LogP contribution in [0, 0.1) is 0 Å². The summed E-state index contributed by atoms with van der Waals surface area (Å²) in [6, 6.07) is 0. The first-order valence-corrected chi connectivity index (χ1v) is 1.56. The molecule has 0 rings (SSSR count). The number of carboxylic acids is 1. The SMILES string of the molecule is CC(=O)[O-].FB(F)F.[Li+]. The molecule has 0 heterocycles. The number of carboxylic acid groups (broad SMARTS) is 1. The van der Waals surface area contributed by atoms with Crippen molar-refractivity contribution in [1.82, 2.24) is 0 Å². The molecule has 0 atom stereocenters. The Morgan fingerprint density at radius 1 is 1.44 bits per heavy atom. The Kier molecular flexibility index (Phi) is 19.2. The molecule has 9 heavy (non-hydrogen) atoms. The van der Waals surface area contributed by atoms with Gasteiger partial charge in [-0.15, -0.1) is 0 Å². The second-order valence-corrected chi connectivity index (χ2v) is 0.739. The molecule has 2 nitrogen and oxygen atoms in total. The predicted octanol–water partition coefficient (Wildman–Crippen LogP) is -3.36. The Balaban J connectivity index is -0.0000000720. The third-order valence-electron chi connectivity index (χ3n) is 0. The maximum Gasteiger partial charge on any atom is 1.00 e. The maximum absolute atomic E-state index is 9.67. The molecule has 0 bridgehead atoms. The number of rotatable bonds is 0. The minimum Gasteiger partial charge on any atom is -0.550 e. The molecule has 0 fully saturated rings. The molecule has 0 radical (unpaired) electrons. The van der Waals surface area contributed by atoms with Gasteiger partial charge < -0.3 is 9.90 Å². The molecule has 0 aromatic carbocycles. The van der Waals surface area contributed by atoms with Gasteiger partial charge >= 0.3 is 26.4 Å². The molecule has 0 aromatic heterocycles. The van der Waals surface area contributed by atoms with E-state index in [9.17, 15) is 12.9 Å². The van der Waals surface area contributed by atoms with Crippen LogP contribution in [0.25, 0.3) is 0 Å². The Hall–Kier alpha value is -0.0777. The van der Waals surface area contributed by atoms with Crippen molar-refractivity contribution in [3.05, 3.63) is 0 Å². The van der Waals surface area contributed by atoms with Crippen LogP contribution in [0.5, 0.6) is 0 Å². The second kappa shape index (κ2) is 10.8. The van der Waals surface area contributed by atoms with Crippen molar-refractivity contribution in [1.29, 1.82) is 0 Å². The Bertz CT molecular complexity index is 64.1. The quantitative estimate of drug-likeness (QED) is 0.324. The van der Waals surface area contributed by atoms with Gasteiger partial charge in [0.05, 0.1) is 0 Å². The van der Waals surface area contributed by atoms with Gasteiger partial charge in [0.25, 0.3) is 0 Å². The molecule has 0 aliphatic carbocycles. The molecule has 0 aliphatic heterocycles. The monoisotopic (exact) mass is 134 g/mol. The van der Waals surface area contributed by atoms with E-state index in [0.717, 1.165) is 6.92 Å². The molecule has 0 unspecified atom stereocenters. The van der Waals surface area contributed by atoms with Crippen molar-refractivity contribution in [2.24, 2.45) is 0 Å². The average molecular weight is 134 g/mol. The van der Waals surface area contributed by atoms with Crippen LogP contribution in [0.1, 0.15) is 6.92 Å². The van der Waals surface area contributed by atoms with E-state index in [2.05, 4.69) is 0 Å². The molecule has 48 valence electrons. The van der Waals surface area contributed by atoms with Gasteiger partial charge in [-0.25, -0.2) is 0 Å². The van der Waals surface area contributed by atoms with Gasteiger partial charge in [-0.05, 0) is 6.92 Å². The summed E-state index contributed by atoms with van der Waals surface area (Å²) in [6.07, 6.45) is 0. The van der Waals surface area contributed by atoms with E-state index in [1.165, 1.54) is 0 Å². The van der Waals surface area contributed by atoms with Crippen LogP contribution in [0.2, 0.25) is 0 Å². The fourth-order valence-electron chi connectivity index (χ4n) is 0. The number of aliphatic carboxylic acids is 1. The van der Waals surface area contributed by atoms with Gasteiger partial charge in [-0.2, -0.15) is 0 Å². The first-order valence-electron chi connectivity index (χ1n) is 1.56. The summed E-state index contributed by atoms with van der Waals surface area (Å²) in [7, 11) is -3.67. The number of halogens is 3.